The van der Waals surface area contributed by atoms with Gasteiger partial charge in [0.25, 0.3) is 0 Å². The average molecular weight is 446 g/mol. The van der Waals surface area contributed by atoms with E-state index in [0.29, 0.717) is 35.2 Å². The summed E-state index contributed by atoms with van der Waals surface area (Å²) in [4.78, 5) is 23.8. The van der Waals surface area contributed by atoms with Gasteiger partial charge in [-0.2, -0.15) is 5.10 Å². The molecule has 1 aliphatic heterocycles. The highest BCUT2D eigenvalue weighted by Crippen LogP contribution is 2.31. The maximum atomic E-state index is 11.9. The number of rotatable bonds is 8. The summed E-state index contributed by atoms with van der Waals surface area (Å²) in [6.45, 7) is 1.20. The van der Waals surface area contributed by atoms with E-state index in [0.717, 1.165) is 18.4 Å². The van der Waals surface area contributed by atoms with Crippen molar-refractivity contribution in [1.82, 2.24) is 10.7 Å². The molecular weight excluding hydrogens is 422 g/mol. The number of carbonyl (C=O) groups is 2. The number of para-hydroxylation sites is 1. The molecule has 0 bridgehead atoms. The van der Waals surface area contributed by atoms with Crippen LogP contribution in [0.5, 0.6) is 11.5 Å². The summed E-state index contributed by atoms with van der Waals surface area (Å²) >= 11 is 6.19. The van der Waals surface area contributed by atoms with Crippen LogP contribution in [-0.4, -0.2) is 44.4 Å². The van der Waals surface area contributed by atoms with Crippen LogP contribution in [0, 0.1) is 0 Å². The number of benzene rings is 2. The van der Waals surface area contributed by atoms with E-state index < -0.39 is 11.8 Å². The number of amides is 2. The summed E-state index contributed by atoms with van der Waals surface area (Å²) in [5.74, 6) is -0.702. The van der Waals surface area contributed by atoms with E-state index in [2.05, 4.69) is 15.8 Å². The van der Waals surface area contributed by atoms with Gasteiger partial charge in [0.05, 0.1) is 19.4 Å². The fraction of sp³-hybridized carbons (Fsp3) is 0.318. The van der Waals surface area contributed by atoms with E-state index in [1.807, 2.05) is 18.2 Å². The maximum Gasteiger partial charge on any atom is 0.329 e. The molecule has 0 radical (unpaired) electrons. The first-order valence-corrected chi connectivity index (χ1v) is 10.2. The molecule has 9 heteroatoms. The summed E-state index contributed by atoms with van der Waals surface area (Å²) in [6.07, 6.45) is 3.16. The number of halogens is 1. The summed E-state index contributed by atoms with van der Waals surface area (Å²) in [6, 6.07) is 12.6. The van der Waals surface area contributed by atoms with Crippen molar-refractivity contribution in [1.29, 1.82) is 0 Å². The minimum atomic E-state index is -0.865. The van der Waals surface area contributed by atoms with Crippen molar-refractivity contribution < 1.29 is 23.8 Å². The number of ether oxygens (including phenoxy) is 3. The summed E-state index contributed by atoms with van der Waals surface area (Å²) in [7, 11) is 1.53. The van der Waals surface area contributed by atoms with E-state index >= 15 is 0 Å². The first-order valence-electron chi connectivity index (χ1n) is 9.84. The number of hydrazone groups is 1. The zero-order chi connectivity index (χ0) is 22.1. The molecule has 164 valence electrons. The van der Waals surface area contributed by atoms with Gasteiger partial charge in [0.1, 0.15) is 6.61 Å². The second kappa shape index (κ2) is 11.3. The number of hydrogen-bond donors (Lipinski definition) is 2. The zero-order valence-electron chi connectivity index (χ0n) is 17.1. The van der Waals surface area contributed by atoms with Crippen molar-refractivity contribution in [2.24, 2.45) is 5.10 Å². The van der Waals surface area contributed by atoms with Gasteiger partial charge in [-0.15, -0.1) is 0 Å². The first-order chi connectivity index (χ1) is 15.1. The Bertz CT molecular complexity index is 944. The van der Waals surface area contributed by atoms with Crippen molar-refractivity contribution in [3.63, 3.8) is 0 Å². The van der Waals surface area contributed by atoms with E-state index in [-0.39, 0.29) is 12.7 Å². The lowest BCUT2D eigenvalue weighted by Crippen LogP contribution is -2.41. The molecule has 1 atom stereocenters. The molecule has 3 rings (SSSR count). The summed E-state index contributed by atoms with van der Waals surface area (Å²) in [5, 5.41) is 7.00. The van der Waals surface area contributed by atoms with Gasteiger partial charge in [-0.3, -0.25) is 9.59 Å². The highest BCUT2D eigenvalue weighted by Gasteiger charge is 2.19. The van der Waals surface area contributed by atoms with Crippen LogP contribution >= 0.6 is 11.6 Å². The van der Waals surface area contributed by atoms with Gasteiger partial charge in [-0.25, -0.2) is 5.43 Å². The van der Waals surface area contributed by atoms with Gasteiger partial charge < -0.3 is 19.5 Å². The van der Waals surface area contributed by atoms with Crippen molar-refractivity contribution in [3.8, 4) is 11.5 Å². The molecule has 31 heavy (non-hydrogen) atoms. The second-order valence-electron chi connectivity index (χ2n) is 6.80. The van der Waals surface area contributed by atoms with Gasteiger partial charge in [-0.1, -0.05) is 35.9 Å². The quantitative estimate of drug-likeness (QED) is 0.370. The Morgan fingerprint density at radius 2 is 2.06 bits per heavy atom. The van der Waals surface area contributed by atoms with Gasteiger partial charge >= 0.3 is 11.8 Å². The average Bonchev–Trinajstić information content (AvgIpc) is 3.31. The topological polar surface area (TPSA) is 98.2 Å². The Morgan fingerprint density at radius 3 is 2.81 bits per heavy atom. The summed E-state index contributed by atoms with van der Waals surface area (Å²) < 4.78 is 16.7. The molecule has 8 nitrogen and oxygen atoms in total. The third kappa shape index (κ3) is 6.44. The van der Waals surface area contributed by atoms with E-state index in [4.69, 9.17) is 25.8 Å². The molecule has 2 N–H and O–H groups in total. The Morgan fingerprint density at radius 1 is 1.23 bits per heavy atom. The van der Waals surface area contributed by atoms with E-state index in [9.17, 15) is 9.59 Å². The zero-order valence-corrected chi connectivity index (χ0v) is 17.9. The fourth-order valence-corrected chi connectivity index (χ4v) is 3.21. The Hall–Kier alpha value is -3.10. The van der Waals surface area contributed by atoms with Crippen LogP contribution in [-0.2, 0) is 20.9 Å². The molecule has 2 aromatic carbocycles. The highest BCUT2D eigenvalue weighted by molar-refractivity contribution is 6.35. The molecule has 2 aromatic rings. The third-order valence-electron chi connectivity index (χ3n) is 4.65. The van der Waals surface area contributed by atoms with Crippen LogP contribution in [0.1, 0.15) is 24.0 Å². The Labute approximate surface area is 185 Å². The lowest BCUT2D eigenvalue weighted by atomic mass is 10.2. The lowest BCUT2D eigenvalue weighted by molar-refractivity contribution is -0.139. The first kappa shape index (κ1) is 22.6. The Kier molecular flexibility index (Phi) is 8.26. The molecule has 0 aromatic heterocycles. The number of hydrogen-bond acceptors (Lipinski definition) is 6. The van der Waals surface area contributed by atoms with Crippen molar-refractivity contribution in [2.45, 2.75) is 25.6 Å². The van der Waals surface area contributed by atoms with Crippen molar-refractivity contribution in [3.05, 3.63) is 58.6 Å². The van der Waals surface area contributed by atoms with Gasteiger partial charge in [-0.05, 0) is 31.0 Å². The van der Waals surface area contributed by atoms with Crippen molar-refractivity contribution in [2.75, 3.05) is 20.3 Å². The van der Waals surface area contributed by atoms with Crippen LogP contribution < -0.4 is 20.2 Å². The molecule has 2 amide bonds. The molecule has 1 aliphatic rings. The molecule has 0 unspecified atom stereocenters. The minimum Gasteiger partial charge on any atom is -0.493 e. The minimum absolute atomic E-state index is 0.0464. The maximum absolute atomic E-state index is 11.9. The van der Waals surface area contributed by atoms with Crippen LogP contribution in [0.4, 0.5) is 0 Å². The SMILES string of the molecule is COc1cccc(/C=N\NC(=O)C(=O)NC[C@H]2CCCO2)c1OCc1ccccc1Cl. The molecule has 0 spiro atoms. The van der Waals surface area contributed by atoms with E-state index in [1.54, 1.807) is 24.3 Å². The third-order valence-corrected chi connectivity index (χ3v) is 5.02. The Balaban J connectivity index is 1.60. The molecule has 1 heterocycles. The number of carbonyl (C=O) groups excluding carboxylic acids is 2. The molecule has 1 fully saturated rings. The molecular formula is C22H24ClN3O5. The number of methoxy groups -OCH3 is 1. The largest absolute Gasteiger partial charge is 0.493 e. The molecule has 0 saturated carbocycles. The van der Waals surface area contributed by atoms with E-state index in [1.165, 1.54) is 13.3 Å². The molecule has 1 saturated heterocycles. The van der Waals surface area contributed by atoms with Gasteiger partial charge in [0.2, 0.25) is 0 Å². The lowest BCUT2D eigenvalue weighted by Gasteiger charge is -2.14. The normalized spacial score (nSPS) is 15.6. The monoisotopic (exact) mass is 445 g/mol. The predicted molar refractivity (Wildman–Crippen MR) is 116 cm³/mol. The summed E-state index contributed by atoms with van der Waals surface area (Å²) in [5.41, 5.74) is 3.59. The number of nitrogens with zero attached hydrogens (tertiary/aromatic N) is 1. The van der Waals surface area contributed by atoms with Gasteiger partial charge in [0, 0.05) is 29.3 Å². The van der Waals surface area contributed by atoms with Gasteiger partial charge in [0.15, 0.2) is 11.5 Å². The fourth-order valence-electron chi connectivity index (χ4n) is 3.02. The van der Waals surface area contributed by atoms with Crippen LogP contribution in [0.3, 0.4) is 0 Å². The smallest absolute Gasteiger partial charge is 0.329 e. The number of nitrogens with one attached hydrogen (secondary N) is 2. The predicted octanol–water partition coefficient (Wildman–Crippen LogP) is 2.67. The van der Waals surface area contributed by atoms with Crippen LogP contribution in [0.15, 0.2) is 47.6 Å². The second-order valence-corrected chi connectivity index (χ2v) is 7.21. The van der Waals surface area contributed by atoms with Crippen molar-refractivity contribution >= 4 is 29.6 Å². The highest BCUT2D eigenvalue weighted by atomic mass is 35.5. The van der Waals surface area contributed by atoms with Crippen LogP contribution in [0.2, 0.25) is 5.02 Å². The van der Waals surface area contributed by atoms with Crippen LogP contribution in [0.25, 0.3) is 0 Å². The molecule has 0 aliphatic carbocycles. The standard InChI is InChI=1S/C22H24ClN3O5/c1-29-19-10-4-7-15(20(19)31-14-16-6-2-3-9-18(16)23)12-25-26-22(28)21(27)24-13-17-8-5-11-30-17/h2-4,6-7,9-10,12,17H,5,8,11,13-14H2,1H3,(H,24,27)(H,26,28)/b25-12-/t17-/m1/s1.